The van der Waals surface area contributed by atoms with Crippen molar-refractivity contribution in [3.63, 3.8) is 0 Å². The van der Waals surface area contributed by atoms with E-state index in [0.29, 0.717) is 6.42 Å². The Morgan fingerprint density at radius 3 is 2.28 bits per heavy atom. The van der Waals surface area contributed by atoms with Crippen LogP contribution in [0.2, 0.25) is 0 Å². The van der Waals surface area contributed by atoms with Crippen LogP contribution in [0.1, 0.15) is 68.7 Å². The van der Waals surface area contributed by atoms with Crippen molar-refractivity contribution in [1.29, 1.82) is 0 Å². The molecule has 0 aliphatic carbocycles. The maximum Gasteiger partial charge on any atom is 0.415 e. The maximum absolute atomic E-state index is 13.2. The van der Waals surface area contributed by atoms with E-state index in [0.717, 1.165) is 4.90 Å². The van der Waals surface area contributed by atoms with Crippen molar-refractivity contribution in [3.8, 4) is 0 Å². The molecular formula is C25H42N6O8. The number of alkyl carbamates (subject to hydrolysis) is 1. The number of aromatic amines is 1. The SMILES string of the molecule is CCC(C)C(NC(=O)OC(C)(C)C)C(=O)OC(C)C(O)C1CNc2[nH]c(N)nc(=O)c2N1C(=O)OC(C)(C)C. The Morgan fingerprint density at radius 2 is 1.74 bits per heavy atom. The number of carbonyl (C=O) groups is 3. The average Bonchev–Trinajstić information content (AvgIpc) is 2.78. The predicted octanol–water partition coefficient (Wildman–Crippen LogP) is 2.12. The summed E-state index contributed by atoms with van der Waals surface area (Å²) in [6.45, 7) is 15.1. The fourth-order valence-corrected chi connectivity index (χ4v) is 3.85. The van der Waals surface area contributed by atoms with Gasteiger partial charge >= 0.3 is 23.7 Å². The molecule has 0 aromatic carbocycles. The Balaban J connectivity index is 2.32. The second kappa shape index (κ2) is 12.1. The fourth-order valence-electron chi connectivity index (χ4n) is 3.85. The minimum atomic E-state index is -1.47. The number of H-pyrrole nitrogens is 1. The zero-order chi connectivity index (χ0) is 29.9. The van der Waals surface area contributed by atoms with Crippen LogP contribution in [0.25, 0.3) is 0 Å². The molecule has 1 aromatic rings. The van der Waals surface area contributed by atoms with Crippen molar-refractivity contribution in [2.45, 2.75) is 104 Å². The number of rotatable bonds is 7. The number of hydrogen-bond donors (Lipinski definition) is 5. The molecule has 220 valence electrons. The molecule has 0 saturated heterocycles. The molecule has 2 rings (SSSR count). The molecule has 5 atom stereocenters. The fraction of sp³-hybridized carbons (Fsp3) is 0.720. The van der Waals surface area contributed by atoms with Crippen LogP contribution in [0.5, 0.6) is 0 Å². The molecule has 2 amide bonds. The van der Waals surface area contributed by atoms with Crippen LogP contribution in [0, 0.1) is 5.92 Å². The van der Waals surface area contributed by atoms with Gasteiger partial charge in [0.05, 0.1) is 6.04 Å². The number of esters is 1. The largest absolute Gasteiger partial charge is 0.458 e. The molecule has 0 fully saturated rings. The molecule has 14 heteroatoms. The number of nitrogens with zero attached hydrogens (tertiary/aromatic N) is 2. The van der Waals surface area contributed by atoms with Crippen LogP contribution in [-0.4, -0.2) is 75.3 Å². The molecule has 1 aliphatic heterocycles. The van der Waals surface area contributed by atoms with Gasteiger partial charge in [0, 0.05) is 6.54 Å². The van der Waals surface area contributed by atoms with E-state index in [1.807, 2.05) is 6.92 Å². The van der Waals surface area contributed by atoms with Gasteiger partial charge in [-0.05, 0) is 54.4 Å². The zero-order valence-corrected chi connectivity index (χ0v) is 24.1. The molecule has 6 N–H and O–H groups in total. The molecule has 0 radical (unpaired) electrons. The first-order chi connectivity index (χ1) is 17.8. The third kappa shape index (κ3) is 8.47. The van der Waals surface area contributed by atoms with E-state index < -0.39 is 59.2 Å². The first-order valence-corrected chi connectivity index (χ1v) is 12.9. The molecule has 0 spiro atoms. The van der Waals surface area contributed by atoms with Gasteiger partial charge in [-0.2, -0.15) is 4.98 Å². The lowest BCUT2D eigenvalue weighted by atomic mass is 9.98. The van der Waals surface area contributed by atoms with Gasteiger partial charge in [-0.25, -0.2) is 14.4 Å². The molecule has 1 aliphatic rings. The molecule has 2 heterocycles. The van der Waals surface area contributed by atoms with Crippen molar-refractivity contribution in [2.75, 3.05) is 22.5 Å². The summed E-state index contributed by atoms with van der Waals surface area (Å²) in [6.07, 6.45) is -3.79. The molecule has 14 nitrogen and oxygen atoms in total. The van der Waals surface area contributed by atoms with Crippen LogP contribution >= 0.6 is 0 Å². The predicted molar refractivity (Wildman–Crippen MR) is 144 cm³/mol. The van der Waals surface area contributed by atoms with E-state index in [9.17, 15) is 24.3 Å². The lowest BCUT2D eigenvalue weighted by Gasteiger charge is -2.40. The third-order valence-electron chi connectivity index (χ3n) is 5.88. The van der Waals surface area contributed by atoms with Crippen LogP contribution in [-0.2, 0) is 19.0 Å². The number of hydrogen-bond acceptors (Lipinski definition) is 11. The number of aromatic nitrogens is 2. The number of aliphatic hydroxyl groups excluding tert-OH is 1. The highest BCUT2D eigenvalue weighted by molar-refractivity contribution is 5.93. The molecule has 5 unspecified atom stereocenters. The molecule has 1 aromatic heterocycles. The minimum absolute atomic E-state index is 0.0420. The molecule has 0 bridgehead atoms. The highest BCUT2D eigenvalue weighted by atomic mass is 16.6. The monoisotopic (exact) mass is 554 g/mol. The van der Waals surface area contributed by atoms with Crippen molar-refractivity contribution in [2.24, 2.45) is 5.92 Å². The summed E-state index contributed by atoms with van der Waals surface area (Å²) in [5, 5.41) is 16.7. The van der Waals surface area contributed by atoms with Crippen LogP contribution in [0.15, 0.2) is 4.79 Å². The summed E-state index contributed by atoms with van der Waals surface area (Å²) in [7, 11) is 0. The number of anilines is 3. The van der Waals surface area contributed by atoms with Crippen molar-refractivity contribution >= 4 is 35.6 Å². The van der Waals surface area contributed by atoms with E-state index in [1.54, 1.807) is 48.5 Å². The number of fused-ring (bicyclic) bond motifs is 1. The molecule has 39 heavy (non-hydrogen) atoms. The van der Waals surface area contributed by atoms with Crippen molar-refractivity contribution in [1.82, 2.24) is 15.3 Å². The van der Waals surface area contributed by atoms with E-state index >= 15 is 0 Å². The molecular weight excluding hydrogens is 512 g/mol. The lowest BCUT2D eigenvalue weighted by Crippen LogP contribution is -2.59. The number of nitrogen functional groups attached to an aromatic ring is 1. The van der Waals surface area contributed by atoms with Gasteiger partial charge in [0.2, 0.25) is 5.95 Å². The standard InChI is InChI=1S/C25H42N6O8/c1-10-12(2)15(28-22(35)38-24(4,5)6)20(34)37-13(3)17(32)14-11-27-18-16(19(33)30-21(26)29-18)31(14)23(36)39-25(7,8)9/h12-15,17,32H,10-11H2,1-9H3,(H,28,35)(H4,26,27,29,30,33). The Hall–Kier alpha value is -3.55. The first kappa shape index (κ1) is 31.7. The number of nitrogens with two attached hydrogens (primary N) is 1. The van der Waals surface area contributed by atoms with E-state index in [-0.39, 0.29) is 29.9 Å². The smallest absolute Gasteiger partial charge is 0.415 e. The lowest BCUT2D eigenvalue weighted by molar-refractivity contribution is -0.158. The van der Waals surface area contributed by atoms with E-state index in [1.165, 1.54) is 6.92 Å². The van der Waals surface area contributed by atoms with E-state index in [4.69, 9.17) is 19.9 Å². The Bertz CT molecular complexity index is 1110. The van der Waals surface area contributed by atoms with E-state index in [2.05, 4.69) is 20.6 Å². The van der Waals surface area contributed by atoms with Crippen LogP contribution in [0.3, 0.4) is 0 Å². The average molecular weight is 555 g/mol. The zero-order valence-electron chi connectivity index (χ0n) is 24.1. The minimum Gasteiger partial charge on any atom is -0.458 e. The number of amides is 2. The van der Waals surface area contributed by atoms with Gasteiger partial charge in [0.25, 0.3) is 0 Å². The summed E-state index contributed by atoms with van der Waals surface area (Å²) in [5.41, 5.74) is 2.94. The number of ether oxygens (including phenoxy) is 3. The van der Waals surface area contributed by atoms with Gasteiger partial charge in [-0.15, -0.1) is 0 Å². The summed E-state index contributed by atoms with van der Waals surface area (Å²) >= 11 is 0. The summed E-state index contributed by atoms with van der Waals surface area (Å²) in [6, 6.07) is -2.15. The quantitative estimate of drug-likeness (QED) is 0.244. The first-order valence-electron chi connectivity index (χ1n) is 12.9. The van der Waals surface area contributed by atoms with Gasteiger partial charge in [-0.3, -0.25) is 9.69 Å². The Kier molecular flexibility index (Phi) is 9.82. The topological polar surface area (TPSA) is 198 Å². The summed E-state index contributed by atoms with van der Waals surface area (Å²) in [5.74, 6) is -1.14. The highest BCUT2D eigenvalue weighted by Crippen LogP contribution is 2.30. The van der Waals surface area contributed by atoms with Gasteiger partial charge in [0.1, 0.15) is 35.3 Å². The van der Waals surface area contributed by atoms with Crippen molar-refractivity contribution in [3.05, 3.63) is 10.4 Å². The number of carbonyl (C=O) groups excluding carboxylic acids is 3. The van der Waals surface area contributed by atoms with Crippen LogP contribution < -0.4 is 26.8 Å². The van der Waals surface area contributed by atoms with Gasteiger partial charge in [0.15, 0.2) is 5.69 Å². The number of aliphatic hydroxyl groups is 1. The van der Waals surface area contributed by atoms with Crippen molar-refractivity contribution < 1.29 is 33.7 Å². The Labute approximate surface area is 228 Å². The highest BCUT2D eigenvalue weighted by Gasteiger charge is 2.43. The van der Waals surface area contributed by atoms with Crippen LogP contribution in [0.4, 0.5) is 27.0 Å². The summed E-state index contributed by atoms with van der Waals surface area (Å²) < 4.78 is 16.3. The normalized spacial score (nSPS) is 18.5. The molecule has 0 saturated carbocycles. The van der Waals surface area contributed by atoms with Gasteiger partial charge in [-0.1, -0.05) is 20.3 Å². The summed E-state index contributed by atoms with van der Waals surface area (Å²) in [4.78, 5) is 58.8. The number of nitrogens with one attached hydrogen (secondary N) is 3. The van der Waals surface area contributed by atoms with Gasteiger partial charge < -0.3 is 40.7 Å². The Morgan fingerprint density at radius 1 is 1.15 bits per heavy atom. The third-order valence-corrected chi connectivity index (χ3v) is 5.88. The second-order valence-electron chi connectivity index (χ2n) is 11.6. The maximum atomic E-state index is 13.2. The second-order valence-corrected chi connectivity index (χ2v) is 11.6.